The summed E-state index contributed by atoms with van der Waals surface area (Å²) in [5.41, 5.74) is 2.52. The van der Waals surface area contributed by atoms with Crippen molar-refractivity contribution >= 4 is 24.0 Å². The number of hydrogen-bond acceptors (Lipinski definition) is 5. The van der Waals surface area contributed by atoms with E-state index in [4.69, 9.17) is 9.84 Å². The lowest BCUT2D eigenvalue weighted by Crippen LogP contribution is -2.53. The molecule has 2 atom stereocenters. The number of amides is 2. The molecule has 7 heteroatoms. The van der Waals surface area contributed by atoms with Gasteiger partial charge in [-0.05, 0) is 23.1 Å². The Morgan fingerprint density at radius 2 is 1.77 bits per heavy atom. The topological polar surface area (TPSA) is 95.9 Å². The van der Waals surface area contributed by atoms with Crippen molar-refractivity contribution in [3.8, 4) is 0 Å². The number of ether oxygens (including phenoxy) is 1. The number of aldehydes is 1. The van der Waals surface area contributed by atoms with Crippen molar-refractivity contribution in [3.63, 3.8) is 0 Å². The first-order valence-corrected chi connectivity index (χ1v) is 9.79. The van der Waals surface area contributed by atoms with E-state index in [0.29, 0.717) is 6.42 Å². The van der Waals surface area contributed by atoms with Gasteiger partial charge in [0.1, 0.15) is 18.9 Å². The predicted molar refractivity (Wildman–Crippen MR) is 114 cm³/mol. The fourth-order valence-corrected chi connectivity index (χ4v) is 3.36. The fraction of sp³-hybridized carbons (Fsp3) is 0.348. The number of fused-ring (bicyclic) bond motifs is 1. The second kappa shape index (κ2) is 11.1. The van der Waals surface area contributed by atoms with Gasteiger partial charge in [-0.1, -0.05) is 62.4 Å². The van der Waals surface area contributed by atoms with E-state index < -0.39 is 18.2 Å². The molecule has 1 aliphatic rings. The Balaban J connectivity index is 0.00000155. The van der Waals surface area contributed by atoms with E-state index in [-0.39, 0.29) is 18.4 Å². The minimum absolute atomic E-state index is 0.120. The van der Waals surface area contributed by atoms with Crippen LogP contribution in [0.2, 0.25) is 0 Å². The molecule has 2 aromatic carbocycles. The molecule has 1 aliphatic heterocycles. The number of aliphatic hydroxyl groups excluding tert-OH is 1. The second-order valence-electron chi connectivity index (χ2n) is 7.17. The molecule has 2 N–H and O–H groups in total. The van der Waals surface area contributed by atoms with E-state index in [1.165, 1.54) is 4.90 Å². The van der Waals surface area contributed by atoms with Gasteiger partial charge in [0.25, 0.3) is 5.91 Å². The van der Waals surface area contributed by atoms with Gasteiger partial charge in [-0.25, -0.2) is 4.79 Å². The van der Waals surface area contributed by atoms with Gasteiger partial charge in [0.2, 0.25) is 0 Å². The summed E-state index contributed by atoms with van der Waals surface area (Å²) in [5.74, 6) is -0.481. The van der Waals surface area contributed by atoms with Gasteiger partial charge in [0.05, 0.1) is 6.04 Å². The van der Waals surface area contributed by atoms with E-state index in [9.17, 15) is 14.4 Å². The minimum Gasteiger partial charge on any atom is -0.445 e. The van der Waals surface area contributed by atoms with E-state index in [1.807, 2.05) is 68.4 Å². The molecule has 3 rings (SSSR count). The van der Waals surface area contributed by atoms with Crippen molar-refractivity contribution in [2.45, 2.75) is 39.0 Å². The Morgan fingerprint density at radius 3 is 2.40 bits per heavy atom. The third-order valence-corrected chi connectivity index (χ3v) is 4.83. The Kier molecular flexibility index (Phi) is 8.55. The number of nitrogens with zero attached hydrogens (tertiary/aromatic N) is 1. The Morgan fingerprint density at radius 1 is 1.13 bits per heavy atom. The molecule has 2 amide bonds. The highest BCUT2D eigenvalue weighted by molar-refractivity contribution is 6.03. The zero-order chi connectivity index (χ0) is 22.1. The Bertz CT molecular complexity index is 854. The van der Waals surface area contributed by atoms with Crippen LogP contribution in [-0.2, 0) is 27.4 Å². The molecular formula is C23H28N2O5. The molecule has 2 unspecified atom stereocenters. The van der Waals surface area contributed by atoms with Crippen molar-refractivity contribution in [1.82, 2.24) is 5.32 Å². The predicted octanol–water partition coefficient (Wildman–Crippen LogP) is 2.70. The van der Waals surface area contributed by atoms with Crippen molar-refractivity contribution in [1.29, 1.82) is 0 Å². The normalized spacial score (nSPS) is 15.5. The summed E-state index contributed by atoms with van der Waals surface area (Å²) >= 11 is 0. The summed E-state index contributed by atoms with van der Waals surface area (Å²) in [5, 5.41) is 9.67. The molecule has 0 spiro atoms. The summed E-state index contributed by atoms with van der Waals surface area (Å²) in [6, 6.07) is 15.4. The SMILES string of the molecule is CC(C)C(NC(=O)OCc1ccccc1)C(=O)N1c2ccccc2CC1C=O.CO. The molecule has 0 fully saturated rings. The second-order valence-corrected chi connectivity index (χ2v) is 7.17. The van der Waals surface area contributed by atoms with E-state index in [1.54, 1.807) is 0 Å². The smallest absolute Gasteiger partial charge is 0.408 e. The maximum absolute atomic E-state index is 13.2. The van der Waals surface area contributed by atoms with Crippen molar-refractivity contribution < 1.29 is 24.2 Å². The highest BCUT2D eigenvalue weighted by atomic mass is 16.5. The number of para-hydroxylation sites is 1. The molecule has 0 aliphatic carbocycles. The molecular weight excluding hydrogens is 384 g/mol. The van der Waals surface area contributed by atoms with Crippen LogP contribution < -0.4 is 10.2 Å². The van der Waals surface area contributed by atoms with E-state index >= 15 is 0 Å². The molecule has 0 radical (unpaired) electrons. The van der Waals surface area contributed by atoms with Crippen LogP contribution in [-0.4, -0.2) is 42.6 Å². The molecule has 7 nitrogen and oxygen atoms in total. The first kappa shape index (κ1) is 23.1. The summed E-state index contributed by atoms with van der Waals surface area (Å²) in [6.07, 6.45) is 0.601. The van der Waals surface area contributed by atoms with Crippen LogP contribution in [0.4, 0.5) is 10.5 Å². The number of carbonyl (C=O) groups is 3. The average molecular weight is 412 g/mol. The third-order valence-electron chi connectivity index (χ3n) is 4.83. The van der Waals surface area contributed by atoms with Gasteiger partial charge >= 0.3 is 6.09 Å². The number of rotatable bonds is 6. The Labute approximate surface area is 176 Å². The lowest BCUT2D eigenvalue weighted by atomic mass is 10.0. The average Bonchev–Trinajstić information content (AvgIpc) is 3.16. The van der Waals surface area contributed by atoms with Crippen LogP contribution in [0.3, 0.4) is 0 Å². The third kappa shape index (κ3) is 5.45. The molecule has 30 heavy (non-hydrogen) atoms. The monoisotopic (exact) mass is 412 g/mol. The highest BCUT2D eigenvalue weighted by Crippen LogP contribution is 2.32. The van der Waals surface area contributed by atoms with E-state index in [2.05, 4.69) is 5.32 Å². The van der Waals surface area contributed by atoms with Gasteiger partial charge in [-0.2, -0.15) is 0 Å². The molecule has 0 saturated carbocycles. The van der Waals surface area contributed by atoms with Crippen molar-refractivity contribution in [3.05, 3.63) is 65.7 Å². The van der Waals surface area contributed by atoms with E-state index in [0.717, 1.165) is 30.2 Å². The summed E-state index contributed by atoms with van der Waals surface area (Å²) < 4.78 is 5.25. The lowest BCUT2D eigenvalue weighted by molar-refractivity contribution is -0.123. The number of hydrogen-bond donors (Lipinski definition) is 2. The molecule has 160 valence electrons. The number of aliphatic hydroxyl groups is 1. The number of anilines is 1. The number of nitrogens with one attached hydrogen (secondary N) is 1. The molecule has 0 saturated heterocycles. The van der Waals surface area contributed by atoms with Gasteiger partial charge in [-0.3, -0.25) is 9.69 Å². The standard InChI is InChI=1S/C22H24N2O4.CH4O/c1-15(2)20(23-22(27)28-14-16-8-4-3-5-9-16)21(26)24-18(13-25)12-17-10-6-7-11-19(17)24;1-2/h3-11,13,15,18,20H,12,14H2,1-2H3,(H,23,27);2H,1H3. The molecule has 2 aromatic rings. The molecule has 0 bridgehead atoms. The summed E-state index contributed by atoms with van der Waals surface area (Å²) in [6.45, 7) is 3.81. The maximum Gasteiger partial charge on any atom is 0.408 e. The first-order valence-electron chi connectivity index (χ1n) is 9.79. The number of benzene rings is 2. The molecule has 0 aromatic heterocycles. The maximum atomic E-state index is 13.2. The number of carbonyl (C=O) groups excluding carboxylic acids is 3. The largest absolute Gasteiger partial charge is 0.445 e. The van der Waals surface area contributed by atoms with Gasteiger partial charge in [0.15, 0.2) is 0 Å². The van der Waals surface area contributed by atoms with Crippen LogP contribution in [0.1, 0.15) is 25.0 Å². The van der Waals surface area contributed by atoms with Gasteiger partial charge in [-0.15, -0.1) is 0 Å². The first-order chi connectivity index (χ1) is 14.5. The van der Waals surface area contributed by atoms with Crippen molar-refractivity contribution in [2.24, 2.45) is 5.92 Å². The zero-order valence-electron chi connectivity index (χ0n) is 17.4. The van der Waals surface area contributed by atoms with Crippen LogP contribution in [0.15, 0.2) is 54.6 Å². The van der Waals surface area contributed by atoms with Crippen LogP contribution in [0.5, 0.6) is 0 Å². The molecule has 1 heterocycles. The quantitative estimate of drug-likeness (QED) is 0.711. The summed E-state index contributed by atoms with van der Waals surface area (Å²) in [4.78, 5) is 38.5. The van der Waals surface area contributed by atoms with Gasteiger partial charge in [0, 0.05) is 19.2 Å². The van der Waals surface area contributed by atoms with Crippen molar-refractivity contribution in [2.75, 3.05) is 12.0 Å². The zero-order valence-corrected chi connectivity index (χ0v) is 17.4. The number of alkyl carbamates (subject to hydrolysis) is 1. The lowest BCUT2D eigenvalue weighted by Gasteiger charge is -2.29. The van der Waals surface area contributed by atoms with Crippen LogP contribution in [0.25, 0.3) is 0 Å². The fourth-order valence-electron chi connectivity index (χ4n) is 3.36. The summed E-state index contributed by atoms with van der Waals surface area (Å²) in [7, 11) is 1.00. The van der Waals surface area contributed by atoms with Gasteiger partial charge < -0.3 is 20.0 Å². The Hall–Kier alpha value is -3.19. The van der Waals surface area contributed by atoms with Crippen LogP contribution in [0, 0.1) is 5.92 Å². The van der Waals surface area contributed by atoms with Crippen LogP contribution >= 0.6 is 0 Å². The minimum atomic E-state index is -0.795. The highest BCUT2D eigenvalue weighted by Gasteiger charge is 2.38.